The minimum atomic E-state index is -0.780. The lowest BCUT2D eigenvalue weighted by molar-refractivity contribution is -0.143. The van der Waals surface area contributed by atoms with Gasteiger partial charge in [0.2, 0.25) is 0 Å². The van der Waals surface area contributed by atoms with Crippen LogP contribution < -0.4 is 0 Å². The van der Waals surface area contributed by atoms with Gasteiger partial charge in [0, 0.05) is 38.6 Å². The number of hydrogen-bond acceptors (Lipinski definition) is 4. The van der Waals surface area contributed by atoms with Crippen molar-refractivity contribution in [2.45, 2.75) is 19.0 Å². The zero-order valence-electron chi connectivity index (χ0n) is 15.9. The van der Waals surface area contributed by atoms with E-state index in [0.717, 1.165) is 55.5 Å². The lowest BCUT2D eigenvalue weighted by Gasteiger charge is -2.28. The molecule has 0 radical (unpaired) electrons. The predicted octanol–water partition coefficient (Wildman–Crippen LogP) is 3.57. The number of aliphatic carboxylic acids is 1. The molecule has 5 nitrogen and oxygen atoms in total. The first-order valence-corrected chi connectivity index (χ1v) is 9.78. The fraction of sp³-hybridized carbons (Fsp3) is 0.304. The molecule has 1 aliphatic rings. The first-order valence-electron chi connectivity index (χ1n) is 9.78. The van der Waals surface area contributed by atoms with Gasteiger partial charge in [0.1, 0.15) is 6.04 Å². The second-order valence-electron chi connectivity index (χ2n) is 7.34. The van der Waals surface area contributed by atoms with E-state index >= 15 is 0 Å². The molecule has 1 aromatic heterocycles. The van der Waals surface area contributed by atoms with E-state index in [4.69, 9.17) is 0 Å². The Bertz CT molecular complexity index is 939. The zero-order chi connectivity index (χ0) is 19.3. The summed E-state index contributed by atoms with van der Waals surface area (Å²) >= 11 is 0. The summed E-state index contributed by atoms with van der Waals surface area (Å²) < 4.78 is 0. The molecule has 5 heteroatoms. The molecule has 4 rings (SSSR count). The smallest absolute Gasteiger partial charge is 0.325 e. The molecule has 2 aromatic carbocycles. The third-order valence-electron chi connectivity index (χ3n) is 5.47. The van der Waals surface area contributed by atoms with Gasteiger partial charge in [-0.2, -0.15) is 0 Å². The van der Waals surface area contributed by atoms with Crippen molar-refractivity contribution in [1.82, 2.24) is 14.8 Å². The molecule has 0 unspecified atom stereocenters. The molecule has 1 aliphatic heterocycles. The third-order valence-corrected chi connectivity index (χ3v) is 5.47. The molecular weight excluding hydrogens is 350 g/mol. The third kappa shape index (κ3) is 4.06. The molecule has 1 atom stereocenters. The second-order valence-corrected chi connectivity index (χ2v) is 7.34. The molecule has 0 amide bonds. The van der Waals surface area contributed by atoms with Crippen molar-refractivity contribution < 1.29 is 9.90 Å². The summed E-state index contributed by atoms with van der Waals surface area (Å²) in [6, 6.07) is 17.4. The standard InChI is InChI=1S/C23H25N3O2/c27-23(28)22(21-10-3-8-19-7-1-2-9-20(19)21)26-13-5-12-25(14-15-26)17-18-6-4-11-24-16-18/h1-4,6-11,16,22H,5,12-15,17H2,(H,27,28)/t22-/m1/s1. The minimum Gasteiger partial charge on any atom is -0.480 e. The van der Waals surface area contributed by atoms with Gasteiger partial charge in [0.25, 0.3) is 0 Å². The highest BCUT2D eigenvalue weighted by molar-refractivity contribution is 5.90. The molecule has 1 N–H and O–H groups in total. The van der Waals surface area contributed by atoms with E-state index in [0.29, 0.717) is 0 Å². The van der Waals surface area contributed by atoms with Gasteiger partial charge in [0.05, 0.1) is 0 Å². The van der Waals surface area contributed by atoms with Gasteiger partial charge < -0.3 is 5.11 Å². The zero-order valence-corrected chi connectivity index (χ0v) is 15.9. The van der Waals surface area contributed by atoms with Gasteiger partial charge in [-0.15, -0.1) is 0 Å². The summed E-state index contributed by atoms with van der Waals surface area (Å²) in [6.45, 7) is 4.19. The van der Waals surface area contributed by atoms with Crippen LogP contribution in [0.1, 0.15) is 23.6 Å². The van der Waals surface area contributed by atoms with Crippen molar-refractivity contribution >= 4 is 16.7 Å². The number of nitrogens with zero attached hydrogens (tertiary/aromatic N) is 3. The number of fused-ring (bicyclic) bond motifs is 1. The number of benzene rings is 2. The number of carbonyl (C=O) groups is 1. The summed E-state index contributed by atoms with van der Waals surface area (Å²) in [5, 5.41) is 12.2. The van der Waals surface area contributed by atoms with Crippen LogP contribution in [0.5, 0.6) is 0 Å². The Morgan fingerprint density at radius 3 is 2.68 bits per heavy atom. The lowest BCUT2D eigenvalue weighted by Crippen LogP contribution is -2.37. The topological polar surface area (TPSA) is 56.7 Å². The molecule has 0 aliphatic carbocycles. The Morgan fingerprint density at radius 1 is 1.00 bits per heavy atom. The van der Waals surface area contributed by atoms with E-state index in [1.165, 1.54) is 5.56 Å². The van der Waals surface area contributed by atoms with E-state index in [9.17, 15) is 9.90 Å². The molecule has 2 heterocycles. The number of carboxylic acid groups (broad SMARTS) is 1. The number of carboxylic acids is 1. The van der Waals surface area contributed by atoms with Gasteiger partial charge in [-0.25, -0.2) is 0 Å². The van der Waals surface area contributed by atoms with Crippen LogP contribution in [0.2, 0.25) is 0 Å². The molecule has 0 bridgehead atoms. The largest absolute Gasteiger partial charge is 0.480 e. The maximum atomic E-state index is 12.3. The quantitative estimate of drug-likeness (QED) is 0.739. The molecule has 28 heavy (non-hydrogen) atoms. The Hall–Kier alpha value is -2.76. The highest BCUT2D eigenvalue weighted by Gasteiger charge is 2.30. The van der Waals surface area contributed by atoms with Crippen molar-refractivity contribution in [2.24, 2.45) is 0 Å². The van der Waals surface area contributed by atoms with Gasteiger partial charge in [0.15, 0.2) is 0 Å². The first kappa shape index (κ1) is 18.6. The summed E-state index contributed by atoms with van der Waals surface area (Å²) in [5.41, 5.74) is 2.08. The maximum absolute atomic E-state index is 12.3. The summed E-state index contributed by atoms with van der Waals surface area (Å²) in [5.74, 6) is -0.780. The van der Waals surface area contributed by atoms with E-state index in [2.05, 4.69) is 20.9 Å². The summed E-state index contributed by atoms with van der Waals surface area (Å²) in [4.78, 5) is 21.0. The van der Waals surface area contributed by atoms with Gasteiger partial charge in [-0.3, -0.25) is 19.6 Å². The number of aromatic nitrogens is 1. The van der Waals surface area contributed by atoms with Crippen LogP contribution in [0, 0.1) is 0 Å². The minimum absolute atomic E-state index is 0.621. The average Bonchev–Trinajstić information content (AvgIpc) is 2.94. The molecule has 3 aromatic rings. The molecule has 1 saturated heterocycles. The van der Waals surface area contributed by atoms with E-state index in [1.54, 1.807) is 6.20 Å². The summed E-state index contributed by atoms with van der Waals surface area (Å²) in [6.07, 6.45) is 4.64. The van der Waals surface area contributed by atoms with Gasteiger partial charge in [-0.1, -0.05) is 48.5 Å². The predicted molar refractivity (Wildman–Crippen MR) is 110 cm³/mol. The van der Waals surface area contributed by atoms with Crippen molar-refractivity contribution in [1.29, 1.82) is 0 Å². The highest BCUT2D eigenvalue weighted by atomic mass is 16.4. The molecule has 1 fully saturated rings. The van der Waals surface area contributed by atoms with E-state index < -0.39 is 12.0 Å². The number of hydrogen-bond donors (Lipinski definition) is 1. The van der Waals surface area contributed by atoms with Crippen molar-refractivity contribution in [3.05, 3.63) is 78.1 Å². The number of pyridine rings is 1. The second kappa shape index (κ2) is 8.50. The van der Waals surface area contributed by atoms with Crippen LogP contribution in [-0.2, 0) is 11.3 Å². The van der Waals surface area contributed by atoms with Gasteiger partial charge >= 0.3 is 5.97 Å². The SMILES string of the molecule is O=C(O)[C@@H](c1cccc2ccccc12)N1CCCN(Cc2cccnc2)CC1. The maximum Gasteiger partial charge on any atom is 0.325 e. The fourth-order valence-corrected chi connectivity index (χ4v) is 4.13. The van der Waals surface area contributed by atoms with Crippen LogP contribution in [0.25, 0.3) is 10.8 Å². The number of rotatable bonds is 5. The molecule has 0 spiro atoms. The van der Waals surface area contributed by atoms with Crippen LogP contribution in [-0.4, -0.2) is 52.0 Å². The molecule has 144 valence electrons. The van der Waals surface area contributed by atoms with Crippen molar-refractivity contribution in [3.8, 4) is 0 Å². The van der Waals surface area contributed by atoms with Crippen LogP contribution in [0.15, 0.2) is 67.0 Å². The molecule has 0 saturated carbocycles. The van der Waals surface area contributed by atoms with E-state index in [1.807, 2.05) is 54.7 Å². The highest BCUT2D eigenvalue weighted by Crippen LogP contribution is 2.29. The summed E-state index contributed by atoms with van der Waals surface area (Å²) in [7, 11) is 0. The van der Waals surface area contributed by atoms with Crippen molar-refractivity contribution in [2.75, 3.05) is 26.2 Å². The Morgan fingerprint density at radius 2 is 1.86 bits per heavy atom. The molecular formula is C23H25N3O2. The van der Waals surface area contributed by atoms with Crippen LogP contribution in [0.3, 0.4) is 0 Å². The fourth-order valence-electron chi connectivity index (χ4n) is 4.13. The Labute approximate surface area is 165 Å². The van der Waals surface area contributed by atoms with Crippen LogP contribution >= 0.6 is 0 Å². The first-order chi connectivity index (χ1) is 13.7. The lowest BCUT2D eigenvalue weighted by atomic mass is 9.97. The Balaban J connectivity index is 1.55. The average molecular weight is 375 g/mol. The Kier molecular flexibility index (Phi) is 5.65. The monoisotopic (exact) mass is 375 g/mol. The normalized spacial score (nSPS) is 17.3. The van der Waals surface area contributed by atoms with E-state index in [-0.39, 0.29) is 0 Å². The van der Waals surface area contributed by atoms with Crippen molar-refractivity contribution in [3.63, 3.8) is 0 Å². The van der Waals surface area contributed by atoms with Crippen LogP contribution in [0.4, 0.5) is 0 Å². The van der Waals surface area contributed by atoms with Gasteiger partial charge in [-0.05, 0) is 40.9 Å².